The van der Waals surface area contributed by atoms with Crippen molar-refractivity contribution in [3.8, 4) is 11.9 Å². The number of aryl methyl sites for hydroxylation is 2. The molecule has 0 bridgehead atoms. The summed E-state index contributed by atoms with van der Waals surface area (Å²) in [5.41, 5.74) is 1.20. The summed E-state index contributed by atoms with van der Waals surface area (Å²) in [6, 6.07) is 6.89. The molecule has 2 aromatic heterocycles. The zero-order valence-corrected chi connectivity index (χ0v) is 17.4. The topological polar surface area (TPSA) is 146 Å². The summed E-state index contributed by atoms with van der Waals surface area (Å²) < 4.78 is 42.5. The lowest BCUT2D eigenvalue weighted by Crippen LogP contribution is -2.16. The highest BCUT2D eigenvalue weighted by molar-refractivity contribution is 7.92. The van der Waals surface area contributed by atoms with Gasteiger partial charge in [-0.3, -0.25) is 9.52 Å². The zero-order valence-electron chi connectivity index (χ0n) is 16.6. The Morgan fingerprint density at radius 3 is 2.33 bits per heavy atom. The molecule has 0 radical (unpaired) electrons. The number of sulfonamides is 1. The third kappa shape index (κ3) is 4.49. The molecule has 0 aliphatic carbocycles. The molecule has 0 fully saturated rings. The van der Waals surface area contributed by atoms with Gasteiger partial charge in [0.1, 0.15) is 11.3 Å². The number of hydrogen-bond donors (Lipinski definition) is 2. The van der Waals surface area contributed by atoms with E-state index in [1.54, 1.807) is 13.8 Å². The second-order valence-corrected chi connectivity index (χ2v) is 7.75. The molecule has 3 aromatic rings. The summed E-state index contributed by atoms with van der Waals surface area (Å²) >= 11 is 0. The van der Waals surface area contributed by atoms with Crippen LogP contribution in [0.2, 0.25) is 0 Å². The van der Waals surface area contributed by atoms with Crippen LogP contribution in [0.15, 0.2) is 39.8 Å². The van der Waals surface area contributed by atoms with Gasteiger partial charge >= 0.3 is 6.01 Å². The predicted octanol–water partition coefficient (Wildman–Crippen LogP) is 2.15. The Labute approximate surface area is 172 Å². The number of rotatable bonds is 7. The van der Waals surface area contributed by atoms with Gasteiger partial charge in [-0.25, -0.2) is 8.42 Å². The maximum absolute atomic E-state index is 12.6. The largest absolute Gasteiger partial charge is 0.481 e. The fraction of sp³-hybridized carbons (Fsp3) is 0.222. The zero-order chi connectivity index (χ0) is 21.9. The van der Waals surface area contributed by atoms with Crippen molar-refractivity contribution in [1.29, 1.82) is 0 Å². The molecular formula is C18H19N5O6S. The van der Waals surface area contributed by atoms with Crippen molar-refractivity contribution in [2.24, 2.45) is 0 Å². The van der Waals surface area contributed by atoms with E-state index in [-0.39, 0.29) is 22.6 Å². The molecule has 0 saturated carbocycles. The Kier molecular flexibility index (Phi) is 5.87. The minimum absolute atomic E-state index is 0.0190. The first-order valence-electron chi connectivity index (χ1n) is 8.57. The molecule has 0 unspecified atom stereocenters. The van der Waals surface area contributed by atoms with Crippen molar-refractivity contribution in [2.75, 3.05) is 24.3 Å². The summed E-state index contributed by atoms with van der Waals surface area (Å²) in [6.45, 7) is 3.29. The molecule has 11 nitrogen and oxygen atoms in total. The number of anilines is 2. The minimum atomic E-state index is -3.95. The van der Waals surface area contributed by atoms with Gasteiger partial charge in [0.05, 0.1) is 24.8 Å². The van der Waals surface area contributed by atoms with Gasteiger partial charge in [0.25, 0.3) is 15.9 Å². The molecule has 0 spiro atoms. The second kappa shape index (κ2) is 8.37. The quantitative estimate of drug-likeness (QED) is 0.572. The number of methoxy groups -OCH3 is 2. The van der Waals surface area contributed by atoms with E-state index in [9.17, 15) is 13.2 Å². The van der Waals surface area contributed by atoms with Crippen LogP contribution in [-0.2, 0) is 10.0 Å². The van der Waals surface area contributed by atoms with Crippen molar-refractivity contribution >= 4 is 27.4 Å². The van der Waals surface area contributed by atoms with Crippen molar-refractivity contribution < 1.29 is 27.2 Å². The summed E-state index contributed by atoms with van der Waals surface area (Å²) in [6.07, 6.45) is 0. The molecule has 0 atom stereocenters. The number of benzene rings is 1. The van der Waals surface area contributed by atoms with Gasteiger partial charge in [0.2, 0.25) is 5.88 Å². The Balaban J connectivity index is 1.77. The first kappa shape index (κ1) is 21.0. The molecule has 158 valence electrons. The Hall–Kier alpha value is -3.67. The summed E-state index contributed by atoms with van der Waals surface area (Å²) in [7, 11) is -1.22. The van der Waals surface area contributed by atoms with Crippen molar-refractivity contribution in [3.63, 3.8) is 0 Å². The number of aromatic nitrogens is 3. The maximum atomic E-state index is 12.6. The predicted molar refractivity (Wildman–Crippen MR) is 106 cm³/mol. The molecular weight excluding hydrogens is 414 g/mol. The third-order valence-electron chi connectivity index (χ3n) is 4.00. The van der Waals surface area contributed by atoms with Crippen LogP contribution >= 0.6 is 0 Å². The molecule has 0 aliphatic rings. The average Bonchev–Trinajstić information content (AvgIpc) is 3.05. The molecule has 1 aromatic carbocycles. The van der Waals surface area contributed by atoms with Gasteiger partial charge in [-0.2, -0.15) is 9.97 Å². The highest BCUT2D eigenvalue weighted by Crippen LogP contribution is 2.22. The second-order valence-electron chi connectivity index (χ2n) is 6.07. The van der Waals surface area contributed by atoms with Crippen LogP contribution in [0, 0.1) is 13.8 Å². The number of carbonyl (C=O) groups excluding carboxylic acids is 1. The monoisotopic (exact) mass is 433 g/mol. The minimum Gasteiger partial charge on any atom is -0.481 e. The highest BCUT2D eigenvalue weighted by atomic mass is 32.2. The van der Waals surface area contributed by atoms with Gasteiger partial charge < -0.3 is 19.3 Å². The first-order valence-corrected chi connectivity index (χ1v) is 10.1. The van der Waals surface area contributed by atoms with E-state index < -0.39 is 15.9 Å². The Bertz CT molecular complexity index is 1130. The molecule has 2 heterocycles. The molecule has 2 N–H and O–H groups in total. The van der Waals surface area contributed by atoms with Gasteiger partial charge in [-0.15, -0.1) is 0 Å². The van der Waals surface area contributed by atoms with Gasteiger partial charge in [0.15, 0.2) is 5.82 Å². The fourth-order valence-corrected chi connectivity index (χ4v) is 3.56. The molecule has 30 heavy (non-hydrogen) atoms. The van der Waals surface area contributed by atoms with E-state index in [1.807, 2.05) is 0 Å². The molecule has 0 aliphatic heterocycles. The average molecular weight is 433 g/mol. The van der Waals surface area contributed by atoms with Gasteiger partial charge in [0, 0.05) is 11.8 Å². The van der Waals surface area contributed by atoms with E-state index in [1.165, 1.54) is 44.6 Å². The number of amides is 1. The Morgan fingerprint density at radius 1 is 1.07 bits per heavy atom. The van der Waals surface area contributed by atoms with Gasteiger partial charge in [-0.05, 0) is 38.1 Å². The fourth-order valence-electron chi connectivity index (χ4n) is 2.57. The first-order chi connectivity index (χ1) is 14.2. The van der Waals surface area contributed by atoms with Gasteiger partial charge in [-0.1, -0.05) is 5.16 Å². The number of nitrogens with zero attached hydrogens (tertiary/aromatic N) is 3. The van der Waals surface area contributed by atoms with Crippen LogP contribution < -0.4 is 19.5 Å². The van der Waals surface area contributed by atoms with Crippen LogP contribution in [0.1, 0.15) is 21.8 Å². The van der Waals surface area contributed by atoms with E-state index in [2.05, 4.69) is 25.2 Å². The van der Waals surface area contributed by atoms with E-state index in [0.29, 0.717) is 22.7 Å². The lowest BCUT2D eigenvalue weighted by molar-refractivity contribution is 0.102. The number of hydrogen-bond acceptors (Lipinski definition) is 9. The smallest absolute Gasteiger partial charge is 0.321 e. The van der Waals surface area contributed by atoms with Crippen LogP contribution in [0.25, 0.3) is 0 Å². The van der Waals surface area contributed by atoms with Crippen LogP contribution in [-0.4, -0.2) is 43.7 Å². The lowest BCUT2D eigenvalue weighted by atomic mass is 10.2. The van der Waals surface area contributed by atoms with E-state index in [4.69, 9.17) is 14.0 Å². The molecule has 1 amide bonds. The maximum Gasteiger partial charge on any atom is 0.321 e. The number of ether oxygens (including phenoxy) is 2. The van der Waals surface area contributed by atoms with E-state index in [0.717, 1.165) is 0 Å². The summed E-state index contributed by atoms with van der Waals surface area (Å²) in [5, 5.41) is 6.41. The lowest BCUT2D eigenvalue weighted by Gasteiger charge is -2.10. The Morgan fingerprint density at radius 2 is 1.77 bits per heavy atom. The molecule has 3 rings (SSSR count). The van der Waals surface area contributed by atoms with Crippen LogP contribution in [0.4, 0.5) is 11.5 Å². The SMILES string of the molecule is COc1cc(NS(=O)(=O)c2ccc(NC(=O)c3c(C)noc3C)cc2)nc(OC)n1. The number of carbonyl (C=O) groups is 1. The number of nitrogens with one attached hydrogen (secondary N) is 2. The summed E-state index contributed by atoms with van der Waals surface area (Å²) in [4.78, 5) is 20.2. The highest BCUT2D eigenvalue weighted by Gasteiger charge is 2.19. The third-order valence-corrected chi connectivity index (χ3v) is 5.37. The normalized spacial score (nSPS) is 11.1. The standard InChI is InChI=1S/C18H19N5O6S/c1-10-16(11(2)29-22-10)17(24)19-12-5-7-13(8-6-12)30(25,26)23-14-9-15(27-3)21-18(20-14)28-4/h5-9H,1-4H3,(H,19,24)(H,20,21,23). The van der Waals surface area contributed by atoms with E-state index >= 15 is 0 Å². The van der Waals surface area contributed by atoms with Crippen LogP contribution in [0.3, 0.4) is 0 Å². The summed E-state index contributed by atoms with van der Waals surface area (Å²) in [5.74, 6) is 0.107. The van der Waals surface area contributed by atoms with Crippen molar-refractivity contribution in [1.82, 2.24) is 15.1 Å². The van der Waals surface area contributed by atoms with Crippen LogP contribution in [0.5, 0.6) is 11.9 Å². The van der Waals surface area contributed by atoms with Crippen molar-refractivity contribution in [2.45, 2.75) is 18.7 Å². The van der Waals surface area contributed by atoms with Crippen molar-refractivity contribution in [3.05, 3.63) is 47.3 Å². The molecule has 0 saturated heterocycles. The molecule has 12 heteroatoms.